The average molecular weight is 620 g/mol. The molecule has 8 aromatic carbocycles. The van der Waals surface area contributed by atoms with E-state index in [0.717, 1.165) is 11.2 Å². The molecule has 1 saturated heterocycles. The summed E-state index contributed by atoms with van der Waals surface area (Å²) in [5.41, 5.74) is 3.85. The Morgan fingerprint density at radius 2 is 1.02 bits per heavy atom. The summed E-state index contributed by atoms with van der Waals surface area (Å²) in [7, 11) is -0.415. The second kappa shape index (κ2) is 9.70. The molecule has 0 spiro atoms. The summed E-state index contributed by atoms with van der Waals surface area (Å²) in [4.78, 5) is 0. The van der Waals surface area contributed by atoms with Crippen LogP contribution in [0.4, 0.5) is 0 Å². The number of aromatic nitrogens is 1. The molecule has 230 valence electrons. The van der Waals surface area contributed by atoms with Crippen molar-refractivity contribution in [2.24, 2.45) is 0 Å². The Morgan fingerprint density at radius 3 is 1.75 bits per heavy atom. The predicted octanol–water partition coefficient (Wildman–Crippen LogP) is 10.8. The first-order valence-electron chi connectivity index (χ1n) is 16.9. The number of para-hydroxylation sites is 1. The molecular weight excluding hydrogens is 585 g/mol. The number of rotatable bonds is 2. The van der Waals surface area contributed by atoms with Crippen LogP contribution in [0.15, 0.2) is 133 Å². The molecule has 0 amide bonds. The second-order valence-electron chi connectivity index (χ2n) is 14.4. The van der Waals surface area contributed by atoms with E-state index in [1.54, 1.807) is 0 Å². The van der Waals surface area contributed by atoms with Gasteiger partial charge in [0.1, 0.15) is 0 Å². The first-order chi connectivity index (χ1) is 23.3. The highest BCUT2D eigenvalue weighted by Crippen LogP contribution is 2.43. The fourth-order valence-electron chi connectivity index (χ4n) is 7.95. The molecule has 0 atom stereocenters. The topological polar surface area (TPSA) is 23.4 Å². The van der Waals surface area contributed by atoms with E-state index >= 15 is 0 Å². The summed E-state index contributed by atoms with van der Waals surface area (Å²) in [5, 5.41) is 15.0. The van der Waals surface area contributed by atoms with Gasteiger partial charge in [0.25, 0.3) is 0 Å². The highest BCUT2D eigenvalue weighted by molar-refractivity contribution is 6.62. The van der Waals surface area contributed by atoms with Crippen molar-refractivity contribution in [2.75, 3.05) is 0 Å². The third kappa shape index (κ3) is 3.85. The van der Waals surface area contributed by atoms with E-state index in [0.29, 0.717) is 0 Å². The van der Waals surface area contributed by atoms with Crippen LogP contribution in [0.25, 0.3) is 81.4 Å². The fourth-order valence-corrected chi connectivity index (χ4v) is 7.95. The van der Waals surface area contributed by atoms with Gasteiger partial charge >= 0.3 is 7.12 Å². The molecule has 48 heavy (non-hydrogen) atoms. The zero-order valence-electron chi connectivity index (χ0n) is 27.5. The second-order valence-corrected chi connectivity index (χ2v) is 14.4. The molecule has 0 unspecified atom stereocenters. The molecule has 1 fully saturated rings. The lowest BCUT2D eigenvalue weighted by Gasteiger charge is -2.32. The maximum Gasteiger partial charge on any atom is 0.494 e. The average Bonchev–Trinajstić information content (AvgIpc) is 3.55. The van der Waals surface area contributed by atoms with Gasteiger partial charge in [-0.1, -0.05) is 97.1 Å². The van der Waals surface area contributed by atoms with Gasteiger partial charge < -0.3 is 13.9 Å². The van der Waals surface area contributed by atoms with Crippen LogP contribution in [0.5, 0.6) is 0 Å². The number of hydrogen-bond donors (Lipinski definition) is 0. The summed E-state index contributed by atoms with van der Waals surface area (Å²) >= 11 is 0. The van der Waals surface area contributed by atoms with Gasteiger partial charge in [-0.05, 0) is 118 Å². The summed E-state index contributed by atoms with van der Waals surface area (Å²) < 4.78 is 15.5. The molecule has 2 heterocycles. The summed E-state index contributed by atoms with van der Waals surface area (Å²) in [6.45, 7) is 8.44. The first-order valence-corrected chi connectivity index (χ1v) is 16.9. The lowest BCUT2D eigenvalue weighted by molar-refractivity contribution is 0.00578. The lowest BCUT2D eigenvalue weighted by Crippen LogP contribution is -2.41. The van der Waals surface area contributed by atoms with E-state index in [1.165, 1.54) is 75.7 Å². The maximum atomic E-state index is 6.49. The van der Waals surface area contributed by atoms with Gasteiger partial charge in [0.15, 0.2) is 0 Å². The Kier molecular flexibility index (Phi) is 5.64. The van der Waals surface area contributed by atoms with Crippen LogP contribution in [-0.2, 0) is 9.31 Å². The van der Waals surface area contributed by atoms with E-state index in [1.807, 2.05) is 0 Å². The molecule has 1 aliphatic heterocycles. The normalized spacial score (nSPS) is 16.0. The van der Waals surface area contributed by atoms with E-state index in [2.05, 4.69) is 166 Å². The van der Waals surface area contributed by atoms with E-state index in [-0.39, 0.29) is 0 Å². The van der Waals surface area contributed by atoms with Crippen LogP contribution in [0.3, 0.4) is 0 Å². The number of fused-ring (bicyclic) bond motifs is 12. The van der Waals surface area contributed by atoms with Crippen LogP contribution in [0, 0.1) is 0 Å². The summed E-state index contributed by atoms with van der Waals surface area (Å²) in [6.07, 6.45) is 0. The van der Waals surface area contributed by atoms with Crippen molar-refractivity contribution in [3.8, 4) is 5.69 Å². The molecule has 0 aliphatic carbocycles. The quantitative estimate of drug-likeness (QED) is 0.109. The highest BCUT2D eigenvalue weighted by atomic mass is 16.7. The molecule has 1 aliphatic rings. The Bertz CT molecular complexity index is 2780. The Hall–Kier alpha value is -5.16. The number of nitrogens with zero attached hydrogens (tertiary/aromatic N) is 1. The standard InChI is InChI=1S/C44H34BNO2/c1-43(2)44(3,4)48-45(47-43)30-19-21-34-37(24-30)32-16-10-11-17-33(32)38-25-40-35-20-18-29-22-27-12-8-9-13-28(27)23-36(29)42(35)46(41(40)26-39(34)38)31-14-6-5-7-15-31/h5-26H,1-4H3. The van der Waals surface area contributed by atoms with Crippen LogP contribution >= 0.6 is 0 Å². The lowest BCUT2D eigenvalue weighted by atomic mass is 9.77. The molecule has 9 aromatic rings. The van der Waals surface area contributed by atoms with Crippen molar-refractivity contribution in [3.63, 3.8) is 0 Å². The summed E-state index contributed by atoms with van der Waals surface area (Å²) in [6, 6.07) is 49.2. The smallest absolute Gasteiger partial charge is 0.399 e. The van der Waals surface area contributed by atoms with E-state index in [9.17, 15) is 0 Å². The van der Waals surface area contributed by atoms with Crippen LogP contribution in [-0.4, -0.2) is 22.9 Å². The first kappa shape index (κ1) is 27.9. The van der Waals surface area contributed by atoms with Gasteiger partial charge in [0.2, 0.25) is 0 Å². The van der Waals surface area contributed by atoms with Gasteiger partial charge in [0, 0.05) is 21.8 Å². The third-order valence-electron chi connectivity index (χ3n) is 11.1. The molecule has 1 aromatic heterocycles. The third-order valence-corrected chi connectivity index (χ3v) is 11.1. The predicted molar refractivity (Wildman–Crippen MR) is 204 cm³/mol. The molecule has 0 saturated carbocycles. The molecule has 10 rings (SSSR count). The molecule has 4 heteroatoms. The Balaban J connectivity index is 1.33. The molecule has 0 N–H and O–H groups in total. The van der Waals surface area contributed by atoms with E-state index in [4.69, 9.17) is 9.31 Å². The van der Waals surface area contributed by atoms with Gasteiger partial charge in [0.05, 0.1) is 22.2 Å². The van der Waals surface area contributed by atoms with Gasteiger partial charge in [-0.2, -0.15) is 0 Å². The van der Waals surface area contributed by atoms with Gasteiger partial charge in [-0.15, -0.1) is 0 Å². The van der Waals surface area contributed by atoms with Crippen molar-refractivity contribution in [3.05, 3.63) is 133 Å². The Morgan fingerprint density at radius 1 is 0.438 bits per heavy atom. The Labute approximate surface area is 279 Å². The largest absolute Gasteiger partial charge is 0.494 e. The zero-order chi connectivity index (χ0) is 32.4. The maximum absolute atomic E-state index is 6.49. The molecule has 3 nitrogen and oxygen atoms in total. The van der Waals surface area contributed by atoms with Crippen molar-refractivity contribution < 1.29 is 9.31 Å². The van der Waals surface area contributed by atoms with Crippen molar-refractivity contribution in [2.45, 2.75) is 38.9 Å². The van der Waals surface area contributed by atoms with Crippen LogP contribution in [0.1, 0.15) is 27.7 Å². The van der Waals surface area contributed by atoms with Crippen molar-refractivity contribution >= 4 is 88.2 Å². The monoisotopic (exact) mass is 619 g/mol. The molecule has 0 radical (unpaired) electrons. The number of hydrogen-bond acceptors (Lipinski definition) is 2. The highest BCUT2D eigenvalue weighted by Gasteiger charge is 2.51. The fraction of sp³-hybridized carbons (Fsp3) is 0.136. The minimum absolute atomic E-state index is 0.398. The zero-order valence-corrected chi connectivity index (χ0v) is 27.5. The van der Waals surface area contributed by atoms with E-state index < -0.39 is 18.3 Å². The number of benzene rings is 8. The van der Waals surface area contributed by atoms with Crippen LogP contribution in [0.2, 0.25) is 0 Å². The van der Waals surface area contributed by atoms with Crippen molar-refractivity contribution in [1.82, 2.24) is 4.57 Å². The molecule has 0 bridgehead atoms. The van der Waals surface area contributed by atoms with Gasteiger partial charge in [-0.25, -0.2) is 0 Å². The minimum Gasteiger partial charge on any atom is -0.399 e. The van der Waals surface area contributed by atoms with Crippen LogP contribution < -0.4 is 5.46 Å². The summed E-state index contributed by atoms with van der Waals surface area (Å²) in [5.74, 6) is 0. The molecular formula is C44H34BNO2. The van der Waals surface area contributed by atoms with Crippen molar-refractivity contribution in [1.29, 1.82) is 0 Å². The van der Waals surface area contributed by atoms with Gasteiger partial charge in [-0.3, -0.25) is 0 Å². The SMILES string of the molecule is CC1(C)OB(c2ccc3c(c2)c2ccccc2c2cc4c5ccc6cc7ccccc7cc6c5n(-c5ccccc5)c4cc32)OC1(C)C. The minimum atomic E-state index is -0.415.